The Morgan fingerprint density at radius 2 is 1.92 bits per heavy atom. The van der Waals surface area contributed by atoms with E-state index in [4.69, 9.17) is 14.2 Å². The first kappa shape index (κ1) is 16.0. The van der Waals surface area contributed by atoms with Gasteiger partial charge >= 0.3 is 0 Å². The molecule has 0 aromatic heterocycles. The van der Waals surface area contributed by atoms with Gasteiger partial charge in [-0.15, -0.1) is 0 Å². The summed E-state index contributed by atoms with van der Waals surface area (Å²) in [5.74, 6) is -1.05. The van der Waals surface area contributed by atoms with Gasteiger partial charge in [0.1, 0.15) is 5.60 Å². The number of rotatable bonds is 4. The van der Waals surface area contributed by atoms with Gasteiger partial charge < -0.3 is 19.3 Å². The summed E-state index contributed by atoms with van der Waals surface area (Å²) in [4.78, 5) is 0. The van der Waals surface area contributed by atoms with E-state index in [1.165, 1.54) is 6.08 Å². The molecule has 1 aromatic rings. The normalized spacial score (nSPS) is 46.0. The van der Waals surface area contributed by atoms with Crippen LogP contribution < -0.4 is 0 Å². The Balaban J connectivity index is 2.03. The van der Waals surface area contributed by atoms with Crippen LogP contribution in [0.2, 0.25) is 0 Å². The highest BCUT2D eigenvalue weighted by molar-refractivity contribution is 5.48. The maximum absolute atomic E-state index is 11.8. The predicted octanol–water partition coefficient (Wildman–Crippen LogP) is 2.65. The van der Waals surface area contributed by atoms with Crippen LogP contribution in [0, 0.1) is 11.8 Å². The van der Waals surface area contributed by atoms with E-state index < -0.39 is 17.0 Å². The lowest BCUT2D eigenvalue weighted by Crippen LogP contribution is -2.77. The first-order valence-corrected chi connectivity index (χ1v) is 8.36. The van der Waals surface area contributed by atoms with E-state index in [2.05, 4.69) is 31.7 Å². The van der Waals surface area contributed by atoms with Crippen LogP contribution in [0.1, 0.15) is 18.4 Å². The van der Waals surface area contributed by atoms with Crippen LogP contribution in [0.15, 0.2) is 54.6 Å². The maximum Gasteiger partial charge on any atom is 0.211 e. The molecular formula is C20H24O4. The lowest BCUT2D eigenvalue weighted by molar-refractivity contribution is -0.344. The fourth-order valence-corrected chi connectivity index (χ4v) is 5.56. The number of benzene rings is 1. The van der Waals surface area contributed by atoms with E-state index in [0.29, 0.717) is 6.61 Å². The van der Waals surface area contributed by atoms with Crippen molar-refractivity contribution in [2.24, 2.45) is 11.8 Å². The van der Waals surface area contributed by atoms with Crippen molar-refractivity contribution >= 4 is 0 Å². The van der Waals surface area contributed by atoms with Crippen molar-refractivity contribution < 1.29 is 19.3 Å². The first-order chi connectivity index (χ1) is 11.5. The van der Waals surface area contributed by atoms with Crippen LogP contribution in [-0.4, -0.2) is 42.9 Å². The van der Waals surface area contributed by atoms with Gasteiger partial charge in [-0.2, -0.15) is 0 Å². The van der Waals surface area contributed by atoms with Crippen LogP contribution in [-0.2, 0) is 14.2 Å². The molecule has 0 unspecified atom stereocenters. The molecule has 4 aliphatic rings. The van der Waals surface area contributed by atoms with Crippen LogP contribution >= 0.6 is 0 Å². The minimum absolute atomic E-state index is 0.0345. The Kier molecular flexibility index (Phi) is 3.35. The van der Waals surface area contributed by atoms with Crippen molar-refractivity contribution in [2.75, 3.05) is 20.8 Å². The topological polar surface area (TPSA) is 47.9 Å². The molecule has 4 bridgehead atoms. The Morgan fingerprint density at radius 1 is 1.21 bits per heavy atom. The zero-order chi connectivity index (χ0) is 17.2. The Hall–Kier alpha value is -1.46. The summed E-state index contributed by atoms with van der Waals surface area (Å²) in [5, 5.41) is 11.8. The van der Waals surface area contributed by atoms with E-state index in [1.54, 1.807) is 14.2 Å². The Bertz CT molecular complexity index is 699. The van der Waals surface area contributed by atoms with Crippen molar-refractivity contribution in [2.45, 2.75) is 29.8 Å². The lowest BCUT2D eigenvalue weighted by atomic mass is 9.48. The molecule has 2 fully saturated rings. The van der Waals surface area contributed by atoms with E-state index in [9.17, 15) is 5.11 Å². The maximum atomic E-state index is 11.8. The summed E-state index contributed by atoms with van der Waals surface area (Å²) in [6.45, 7) is 6.50. The zero-order valence-electron chi connectivity index (χ0n) is 14.4. The third kappa shape index (κ3) is 1.49. The SMILES string of the molecule is C=C[C@@]1(O)[C@]2(OC)OC[C@@H]3[C@@H](c4ccccc4)[C@@]1(OC)C=C(C)[C@@H]32. The fraction of sp³-hybridized carbons (Fsp3) is 0.500. The van der Waals surface area contributed by atoms with Crippen molar-refractivity contribution in [3.8, 4) is 0 Å². The molecule has 1 heterocycles. The van der Waals surface area contributed by atoms with Gasteiger partial charge in [-0.3, -0.25) is 0 Å². The van der Waals surface area contributed by atoms with Crippen molar-refractivity contribution in [1.82, 2.24) is 0 Å². The molecule has 3 aliphatic carbocycles. The molecule has 0 spiro atoms. The third-order valence-corrected chi connectivity index (χ3v) is 6.37. The van der Waals surface area contributed by atoms with Gasteiger partial charge in [0.2, 0.25) is 5.79 Å². The monoisotopic (exact) mass is 328 g/mol. The average Bonchev–Trinajstić information content (AvgIpc) is 2.99. The van der Waals surface area contributed by atoms with Crippen molar-refractivity contribution in [1.29, 1.82) is 0 Å². The second kappa shape index (κ2) is 5.02. The second-order valence-corrected chi connectivity index (χ2v) is 7.07. The molecule has 4 heteroatoms. The van der Waals surface area contributed by atoms with Crippen molar-refractivity contribution in [3.05, 3.63) is 60.2 Å². The van der Waals surface area contributed by atoms with Gasteiger partial charge in [0, 0.05) is 32.0 Å². The van der Waals surface area contributed by atoms with Crippen molar-refractivity contribution in [3.63, 3.8) is 0 Å². The van der Waals surface area contributed by atoms with Crippen LogP contribution in [0.25, 0.3) is 0 Å². The molecule has 1 aliphatic heterocycles. The standard InChI is InChI=1S/C20H24O4/c1-5-19(21)18(22-3)11-13(2)16-15(12-24-20(16,19)23-4)17(18)14-9-7-6-8-10-14/h5-11,15-17,21H,1,12H2,2-4H3/t15-,16-,17+,18-,19-,20+/m0/s1. The van der Waals surface area contributed by atoms with Gasteiger partial charge in [-0.25, -0.2) is 0 Å². The van der Waals surface area contributed by atoms with Gasteiger partial charge in [0.15, 0.2) is 5.60 Å². The molecule has 24 heavy (non-hydrogen) atoms. The highest BCUT2D eigenvalue weighted by atomic mass is 16.7. The number of ether oxygens (including phenoxy) is 3. The van der Waals surface area contributed by atoms with E-state index >= 15 is 0 Å². The molecule has 1 saturated heterocycles. The van der Waals surface area contributed by atoms with Gasteiger partial charge in [-0.1, -0.05) is 48.6 Å². The molecule has 128 valence electrons. The minimum Gasteiger partial charge on any atom is -0.377 e. The molecule has 1 N–H and O–H groups in total. The third-order valence-electron chi connectivity index (χ3n) is 6.37. The quantitative estimate of drug-likeness (QED) is 0.863. The molecule has 4 nitrogen and oxygen atoms in total. The van der Waals surface area contributed by atoms with Crippen LogP contribution in [0.3, 0.4) is 0 Å². The van der Waals surface area contributed by atoms with E-state index in [0.717, 1.165) is 11.1 Å². The molecule has 1 aromatic carbocycles. The molecule has 5 rings (SSSR count). The first-order valence-electron chi connectivity index (χ1n) is 8.36. The predicted molar refractivity (Wildman–Crippen MR) is 90.5 cm³/mol. The van der Waals surface area contributed by atoms with E-state index in [-0.39, 0.29) is 17.8 Å². The lowest BCUT2D eigenvalue weighted by Gasteiger charge is -2.63. The number of hydrogen-bond donors (Lipinski definition) is 1. The zero-order valence-corrected chi connectivity index (χ0v) is 14.4. The average molecular weight is 328 g/mol. The molecule has 0 radical (unpaired) electrons. The number of methoxy groups -OCH3 is 2. The summed E-state index contributed by atoms with van der Waals surface area (Å²) in [6.07, 6.45) is 3.59. The summed E-state index contributed by atoms with van der Waals surface area (Å²) in [5.41, 5.74) is -0.193. The van der Waals surface area contributed by atoms with Gasteiger partial charge in [-0.05, 0) is 18.6 Å². The summed E-state index contributed by atoms with van der Waals surface area (Å²) < 4.78 is 18.0. The smallest absolute Gasteiger partial charge is 0.211 e. The van der Waals surface area contributed by atoms with Gasteiger partial charge in [0.25, 0.3) is 0 Å². The van der Waals surface area contributed by atoms with Crippen LogP contribution in [0.4, 0.5) is 0 Å². The molecular weight excluding hydrogens is 304 g/mol. The highest BCUT2D eigenvalue weighted by Gasteiger charge is 2.80. The molecule has 6 atom stereocenters. The summed E-state index contributed by atoms with van der Waals surface area (Å²) >= 11 is 0. The summed E-state index contributed by atoms with van der Waals surface area (Å²) in [6, 6.07) is 10.2. The van der Waals surface area contributed by atoms with E-state index in [1.807, 2.05) is 18.2 Å². The summed E-state index contributed by atoms with van der Waals surface area (Å²) in [7, 11) is 3.23. The largest absolute Gasteiger partial charge is 0.377 e. The molecule has 1 saturated carbocycles. The fourth-order valence-electron chi connectivity index (χ4n) is 5.56. The highest BCUT2D eigenvalue weighted by Crippen LogP contribution is 2.68. The Morgan fingerprint density at radius 3 is 2.50 bits per heavy atom. The van der Waals surface area contributed by atoms with Crippen LogP contribution in [0.5, 0.6) is 0 Å². The Labute approximate surface area is 142 Å². The van der Waals surface area contributed by atoms with Gasteiger partial charge in [0.05, 0.1) is 6.61 Å². The molecule has 0 amide bonds. The number of aliphatic hydroxyl groups is 1. The second-order valence-electron chi connectivity index (χ2n) is 7.07. The number of hydrogen-bond acceptors (Lipinski definition) is 4. The minimum atomic E-state index is -1.48.